The molecule has 3 nitrogen and oxygen atoms in total. The Morgan fingerprint density at radius 1 is 0.929 bits per heavy atom. The molecule has 4 heteroatoms. The van der Waals surface area contributed by atoms with Crippen molar-refractivity contribution in [2.75, 3.05) is 11.5 Å². The zero-order valence-electron chi connectivity index (χ0n) is 16.0. The van der Waals surface area contributed by atoms with Gasteiger partial charge in [-0.3, -0.25) is 4.99 Å². The number of aliphatic imine (C=N–C) groups is 1. The van der Waals surface area contributed by atoms with Crippen molar-refractivity contribution in [1.29, 1.82) is 0 Å². The minimum atomic E-state index is -0.0483. The maximum Gasteiger partial charge on any atom is 0.148 e. The summed E-state index contributed by atoms with van der Waals surface area (Å²) in [6, 6.07) is 27.3. The van der Waals surface area contributed by atoms with Gasteiger partial charge in [-0.05, 0) is 61.4 Å². The number of ether oxygens (including phenoxy) is 1. The smallest absolute Gasteiger partial charge is 0.148 e. The molecule has 4 rings (SSSR count). The normalized spacial score (nSPS) is 18.8. The van der Waals surface area contributed by atoms with E-state index in [4.69, 9.17) is 9.73 Å². The number of benzene rings is 3. The SMILES string of the molecule is CCOc1ccc(N2C(C)C(c3ccc(Br)cc3)=NC2c2ccccc2)cc1. The van der Waals surface area contributed by atoms with Gasteiger partial charge in [0.15, 0.2) is 0 Å². The number of halogens is 1. The van der Waals surface area contributed by atoms with Crippen LogP contribution in [0.15, 0.2) is 88.3 Å². The summed E-state index contributed by atoms with van der Waals surface area (Å²) in [6.07, 6.45) is -0.0483. The lowest BCUT2D eigenvalue weighted by Crippen LogP contribution is -2.35. The maximum atomic E-state index is 5.61. The minimum absolute atomic E-state index is 0.0483. The van der Waals surface area contributed by atoms with Gasteiger partial charge >= 0.3 is 0 Å². The molecule has 0 spiro atoms. The van der Waals surface area contributed by atoms with Crippen molar-refractivity contribution in [1.82, 2.24) is 0 Å². The molecule has 0 aliphatic carbocycles. The molecule has 28 heavy (non-hydrogen) atoms. The Labute approximate surface area is 174 Å². The van der Waals surface area contributed by atoms with Crippen molar-refractivity contribution in [3.05, 3.63) is 94.5 Å². The number of anilines is 1. The predicted octanol–water partition coefficient (Wildman–Crippen LogP) is 6.24. The summed E-state index contributed by atoms with van der Waals surface area (Å²) in [5, 5.41) is 0. The molecule has 142 valence electrons. The van der Waals surface area contributed by atoms with Crippen molar-refractivity contribution >= 4 is 27.3 Å². The van der Waals surface area contributed by atoms with Crippen molar-refractivity contribution in [2.45, 2.75) is 26.1 Å². The van der Waals surface area contributed by atoms with E-state index >= 15 is 0 Å². The van der Waals surface area contributed by atoms with Crippen molar-refractivity contribution in [3.63, 3.8) is 0 Å². The lowest BCUT2D eigenvalue weighted by Gasteiger charge is -2.30. The second-order valence-electron chi connectivity index (χ2n) is 6.82. The van der Waals surface area contributed by atoms with Gasteiger partial charge < -0.3 is 9.64 Å². The average molecular weight is 435 g/mol. The van der Waals surface area contributed by atoms with Crippen molar-refractivity contribution in [2.24, 2.45) is 4.99 Å². The third kappa shape index (κ3) is 3.69. The summed E-state index contributed by atoms with van der Waals surface area (Å²) in [7, 11) is 0. The lowest BCUT2D eigenvalue weighted by atomic mass is 10.0. The molecule has 3 aromatic rings. The first-order valence-corrected chi connectivity index (χ1v) is 10.4. The molecule has 1 heterocycles. The van der Waals surface area contributed by atoms with E-state index in [1.165, 1.54) is 5.56 Å². The molecule has 0 saturated heterocycles. The highest BCUT2D eigenvalue weighted by molar-refractivity contribution is 9.10. The molecule has 0 saturated carbocycles. The molecule has 2 unspecified atom stereocenters. The first-order chi connectivity index (χ1) is 13.7. The van der Waals surface area contributed by atoms with Gasteiger partial charge in [0.1, 0.15) is 11.9 Å². The number of hydrogen-bond donors (Lipinski definition) is 0. The Bertz CT molecular complexity index is 952. The van der Waals surface area contributed by atoms with Gasteiger partial charge in [0.2, 0.25) is 0 Å². The van der Waals surface area contributed by atoms with Gasteiger partial charge in [0.25, 0.3) is 0 Å². The minimum Gasteiger partial charge on any atom is -0.494 e. The van der Waals surface area contributed by atoms with Crippen LogP contribution in [0.3, 0.4) is 0 Å². The van der Waals surface area contributed by atoms with E-state index in [9.17, 15) is 0 Å². The van der Waals surface area contributed by atoms with E-state index in [1.54, 1.807) is 0 Å². The van der Waals surface area contributed by atoms with Gasteiger partial charge in [-0.1, -0.05) is 58.4 Å². The average Bonchev–Trinajstić information content (AvgIpc) is 3.07. The summed E-state index contributed by atoms with van der Waals surface area (Å²) in [6.45, 7) is 4.89. The molecule has 0 N–H and O–H groups in total. The van der Waals surface area contributed by atoms with E-state index in [0.717, 1.165) is 27.2 Å². The van der Waals surface area contributed by atoms with Crippen LogP contribution in [0.5, 0.6) is 5.75 Å². The molecule has 2 atom stereocenters. The third-order valence-corrected chi connectivity index (χ3v) is 5.55. The monoisotopic (exact) mass is 434 g/mol. The molecule has 0 fully saturated rings. The van der Waals surface area contributed by atoms with Crippen LogP contribution in [0.2, 0.25) is 0 Å². The summed E-state index contributed by atoms with van der Waals surface area (Å²) in [5.41, 5.74) is 4.59. The molecular weight excluding hydrogens is 412 g/mol. The van der Waals surface area contributed by atoms with Crippen LogP contribution in [0.25, 0.3) is 0 Å². The molecule has 0 radical (unpaired) electrons. The Balaban J connectivity index is 1.74. The van der Waals surface area contributed by atoms with E-state index in [1.807, 2.05) is 25.1 Å². The molecule has 0 aromatic heterocycles. The Morgan fingerprint density at radius 2 is 1.61 bits per heavy atom. The summed E-state index contributed by atoms with van der Waals surface area (Å²) < 4.78 is 6.69. The molecule has 1 aliphatic heterocycles. The second kappa shape index (κ2) is 8.19. The highest BCUT2D eigenvalue weighted by Crippen LogP contribution is 2.37. The Morgan fingerprint density at radius 3 is 2.25 bits per heavy atom. The van der Waals surface area contributed by atoms with Gasteiger partial charge in [-0.25, -0.2) is 0 Å². The topological polar surface area (TPSA) is 24.8 Å². The van der Waals surface area contributed by atoms with E-state index in [-0.39, 0.29) is 12.2 Å². The number of hydrogen-bond acceptors (Lipinski definition) is 3. The molecule has 0 bridgehead atoms. The Kier molecular flexibility index (Phi) is 5.49. The Hall–Kier alpha value is -2.59. The second-order valence-corrected chi connectivity index (χ2v) is 7.73. The predicted molar refractivity (Wildman–Crippen MR) is 119 cm³/mol. The zero-order chi connectivity index (χ0) is 19.5. The lowest BCUT2D eigenvalue weighted by molar-refractivity contribution is 0.340. The first-order valence-electron chi connectivity index (χ1n) is 9.57. The standard InChI is InChI=1S/C24H23BrN2O/c1-3-28-22-15-13-21(14-16-22)27-17(2)23(18-9-11-20(25)12-10-18)26-24(27)19-7-5-4-6-8-19/h4-17,24H,3H2,1-2H3. The highest BCUT2D eigenvalue weighted by Gasteiger charge is 2.35. The third-order valence-electron chi connectivity index (χ3n) is 5.02. The molecule has 1 aliphatic rings. The van der Waals surface area contributed by atoms with E-state index < -0.39 is 0 Å². The van der Waals surface area contributed by atoms with Gasteiger partial charge in [-0.2, -0.15) is 0 Å². The number of rotatable bonds is 5. The van der Waals surface area contributed by atoms with Crippen LogP contribution < -0.4 is 9.64 Å². The van der Waals surface area contributed by atoms with Crippen LogP contribution in [0.4, 0.5) is 5.69 Å². The quantitative estimate of drug-likeness (QED) is 0.474. The summed E-state index contributed by atoms with van der Waals surface area (Å²) in [5.74, 6) is 0.892. The van der Waals surface area contributed by atoms with E-state index in [2.05, 4.69) is 88.4 Å². The van der Waals surface area contributed by atoms with Crippen molar-refractivity contribution < 1.29 is 4.74 Å². The molecule has 0 amide bonds. The first kappa shape index (κ1) is 18.8. The van der Waals surface area contributed by atoms with Crippen LogP contribution >= 0.6 is 15.9 Å². The van der Waals surface area contributed by atoms with Gasteiger partial charge in [-0.15, -0.1) is 0 Å². The van der Waals surface area contributed by atoms with E-state index in [0.29, 0.717) is 6.61 Å². The molecular formula is C24H23BrN2O. The fourth-order valence-electron chi connectivity index (χ4n) is 3.69. The summed E-state index contributed by atoms with van der Waals surface area (Å²) >= 11 is 3.52. The van der Waals surface area contributed by atoms with Crippen LogP contribution in [-0.2, 0) is 0 Å². The fourth-order valence-corrected chi connectivity index (χ4v) is 3.95. The summed E-state index contributed by atoms with van der Waals surface area (Å²) in [4.78, 5) is 7.53. The largest absolute Gasteiger partial charge is 0.494 e. The zero-order valence-corrected chi connectivity index (χ0v) is 17.6. The highest BCUT2D eigenvalue weighted by atomic mass is 79.9. The van der Waals surface area contributed by atoms with Gasteiger partial charge in [0, 0.05) is 10.2 Å². The van der Waals surface area contributed by atoms with Crippen LogP contribution in [0, 0.1) is 0 Å². The molecule has 3 aromatic carbocycles. The van der Waals surface area contributed by atoms with Gasteiger partial charge in [0.05, 0.1) is 18.4 Å². The maximum absolute atomic E-state index is 5.61. The van der Waals surface area contributed by atoms with Crippen molar-refractivity contribution in [3.8, 4) is 5.75 Å². The van der Waals surface area contributed by atoms with Crippen LogP contribution in [-0.4, -0.2) is 18.4 Å². The van der Waals surface area contributed by atoms with Crippen LogP contribution in [0.1, 0.15) is 31.1 Å². The number of nitrogens with zero attached hydrogens (tertiary/aromatic N) is 2. The fraction of sp³-hybridized carbons (Fsp3) is 0.208.